The minimum Gasteiger partial charge on any atom is -0.493 e. The number of thiophene rings is 1. The molecular weight excluding hydrogens is 320 g/mol. The van der Waals surface area contributed by atoms with Crippen LogP contribution in [-0.4, -0.2) is 36.8 Å². The highest BCUT2D eigenvalue weighted by Gasteiger charge is 2.27. The van der Waals surface area contributed by atoms with Crippen LogP contribution in [0, 0.1) is 0 Å². The van der Waals surface area contributed by atoms with E-state index in [1.165, 1.54) is 37.7 Å². The molecule has 0 unspecified atom stereocenters. The molecule has 120 valence electrons. The number of carbonyl (C=O) groups excluding carboxylic acids is 1. The Balaban J connectivity index is 2.66. The summed E-state index contributed by atoms with van der Waals surface area (Å²) in [6.45, 7) is 0. The fourth-order valence-electron chi connectivity index (χ4n) is 2.11. The van der Waals surface area contributed by atoms with Crippen LogP contribution in [0.5, 0.6) is 11.5 Å². The average molecular weight is 334 g/mol. The molecule has 0 fully saturated rings. The highest BCUT2D eigenvalue weighted by atomic mass is 32.1. The van der Waals surface area contributed by atoms with Crippen molar-refractivity contribution in [3.8, 4) is 11.5 Å². The number of rotatable bonds is 6. The number of aromatic carboxylic acids is 1. The minimum atomic E-state index is -1.28. The first-order valence-electron chi connectivity index (χ1n) is 6.39. The summed E-state index contributed by atoms with van der Waals surface area (Å²) in [7, 11) is 2.70. The van der Waals surface area contributed by atoms with Gasteiger partial charge in [0.15, 0.2) is 11.5 Å². The lowest BCUT2D eigenvalue weighted by molar-refractivity contribution is 0.0692. The molecule has 8 heteroatoms. The quantitative estimate of drug-likeness (QED) is 0.362. The zero-order chi connectivity index (χ0) is 17.0. The number of carboxylic acid groups (broad SMARTS) is 1. The number of benzene rings is 1. The molecule has 2 aromatic rings. The number of Topliss-reactive ketones (excluding diaryl/α,β-unsaturated/α-hetero) is 1. The van der Waals surface area contributed by atoms with E-state index >= 15 is 0 Å². The molecule has 0 radical (unpaired) electrons. The number of ether oxygens (including phenoxy) is 2. The zero-order valence-corrected chi connectivity index (χ0v) is 13.2. The molecular formula is C15H14N2O5S. The van der Waals surface area contributed by atoms with Crippen molar-refractivity contribution in [3.63, 3.8) is 0 Å². The SMILES string of the molecule is COc1ccc(/C(=N\N)C(=O)c2cccs2)c(C(=O)O)c1OC. The highest BCUT2D eigenvalue weighted by Crippen LogP contribution is 2.34. The number of hydrogen-bond donors (Lipinski definition) is 2. The summed E-state index contributed by atoms with van der Waals surface area (Å²) in [6, 6.07) is 6.23. The number of hydrazone groups is 1. The maximum atomic E-state index is 12.5. The molecule has 0 spiro atoms. The van der Waals surface area contributed by atoms with E-state index in [0.717, 1.165) is 0 Å². The van der Waals surface area contributed by atoms with E-state index in [1.807, 2.05) is 0 Å². The van der Waals surface area contributed by atoms with Gasteiger partial charge in [-0.3, -0.25) is 4.79 Å². The van der Waals surface area contributed by atoms with Crippen LogP contribution in [0.1, 0.15) is 25.6 Å². The zero-order valence-electron chi connectivity index (χ0n) is 12.4. The molecule has 2 rings (SSSR count). The molecule has 0 saturated heterocycles. The summed E-state index contributed by atoms with van der Waals surface area (Å²) in [5.74, 6) is 3.84. The lowest BCUT2D eigenvalue weighted by Crippen LogP contribution is -2.21. The molecule has 0 bridgehead atoms. The second kappa shape index (κ2) is 6.93. The summed E-state index contributed by atoms with van der Waals surface area (Å²) in [5.41, 5.74) is -0.331. The molecule has 3 N–H and O–H groups in total. The van der Waals surface area contributed by atoms with Crippen LogP contribution < -0.4 is 15.3 Å². The molecule has 0 amide bonds. The first-order chi connectivity index (χ1) is 11.0. The largest absolute Gasteiger partial charge is 0.493 e. The van der Waals surface area contributed by atoms with Crippen molar-refractivity contribution in [2.45, 2.75) is 0 Å². The van der Waals surface area contributed by atoms with Gasteiger partial charge in [0.25, 0.3) is 0 Å². The molecule has 1 aromatic heterocycles. The van der Waals surface area contributed by atoms with E-state index in [-0.39, 0.29) is 28.3 Å². The maximum absolute atomic E-state index is 12.5. The Labute approximate surface area is 136 Å². The van der Waals surface area contributed by atoms with Gasteiger partial charge in [-0.1, -0.05) is 6.07 Å². The first kappa shape index (κ1) is 16.5. The summed E-state index contributed by atoms with van der Waals surface area (Å²) >= 11 is 1.21. The molecule has 7 nitrogen and oxygen atoms in total. The number of nitrogens with two attached hydrogens (primary N) is 1. The molecule has 0 aliphatic carbocycles. The van der Waals surface area contributed by atoms with Gasteiger partial charge in [-0.2, -0.15) is 5.10 Å². The molecule has 0 atom stereocenters. The van der Waals surface area contributed by atoms with E-state index in [9.17, 15) is 14.7 Å². The predicted molar refractivity (Wildman–Crippen MR) is 85.9 cm³/mol. The van der Waals surface area contributed by atoms with E-state index in [2.05, 4.69) is 5.10 Å². The standard InChI is InChI=1S/C15H14N2O5S/c1-21-9-6-5-8(11(15(19)20)14(9)22-2)12(17-16)13(18)10-4-3-7-23-10/h3-7H,16H2,1-2H3,(H,19,20)/b17-12+. The number of carbonyl (C=O) groups is 2. The number of hydrogen-bond acceptors (Lipinski definition) is 7. The van der Waals surface area contributed by atoms with Crippen LogP contribution in [0.3, 0.4) is 0 Å². The fourth-order valence-corrected chi connectivity index (χ4v) is 2.78. The summed E-state index contributed by atoms with van der Waals surface area (Å²) in [5, 5.41) is 14.7. The number of ketones is 1. The smallest absolute Gasteiger partial charge is 0.340 e. The monoisotopic (exact) mass is 334 g/mol. The highest BCUT2D eigenvalue weighted by molar-refractivity contribution is 7.13. The lowest BCUT2D eigenvalue weighted by atomic mass is 9.98. The predicted octanol–water partition coefficient (Wildman–Crippen LogP) is 2.01. The second-order valence-electron chi connectivity index (χ2n) is 4.31. The van der Waals surface area contributed by atoms with Crippen molar-refractivity contribution in [1.82, 2.24) is 0 Å². The summed E-state index contributed by atoms with van der Waals surface area (Å²) < 4.78 is 10.2. The van der Waals surface area contributed by atoms with Gasteiger partial charge in [0.1, 0.15) is 11.3 Å². The maximum Gasteiger partial charge on any atom is 0.340 e. The van der Waals surface area contributed by atoms with Crippen molar-refractivity contribution >= 4 is 28.8 Å². The van der Waals surface area contributed by atoms with E-state index in [0.29, 0.717) is 4.88 Å². The van der Waals surface area contributed by atoms with E-state index < -0.39 is 11.8 Å². The van der Waals surface area contributed by atoms with Gasteiger partial charge in [-0.25, -0.2) is 4.79 Å². The lowest BCUT2D eigenvalue weighted by Gasteiger charge is -2.14. The Morgan fingerprint density at radius 2 is 1.96 bits per heavy atom. The third kappa shape index (κ3) is 3.02. The molecule has 0 aliphatic heterocycles. The van der Waals surface area contributed by atoms with Crippen LogP contribution in [0.4, 0.5) is 0 Å². The van der Waals surface area contributed by atoms with Gasteiger partial charge in [0.05, 0.1) is 19.1 Å². The Bertz CT molecular complexity index is 768. The fraction of sp³-hybridized carbons (Fsp3) is 0.133. The number of carboxylic acids is 1. The van der Waals surface area contributed by atoms with Crippen LogP contribution >= 0.6 is 11.3 Å². The molecule has 23 heavy (non-hydrogen) atoms. The third-order valence-electron chi connectivity index (χ3n) is 3.10. The number of methoxy groups -OCH3 is 2. The van der Waals surface area contributed by atoms with Crippen LogP contribution in [0.15, 0.2) is 34.7 Å². The Hall–Kier alpha value is -2.87. The van der Waals surface area contributed by atoms with Gasteiger partial charge in [-0.05, 0) is 23.6 Å². The third-order valence-corrected chi connectivity index (χ3v) is 3.97. The summed E-state index contributed by atoms with van der Waals surface area (Å²) in [6.07, 6.45) is 0. The van der Waals surface area contributed by atoms with Crippen LogP contribution in [-0.2, 0) is 0 Å². The van der Waals surface area contributed by atoms with Gasteiger partial charge in [0, 0.05) is 5.56 Å². The van der Waals surface area contributed by atoms with Crippen molar-refractivity contribution in [1.29, 1.82) is 0 Å². The van der Waals surface area contributed by atoms with Crippen molar-refractivity contribution in [3.05, 3.63) is 45.6 Å². The average Bonchev–Trinajstić information content (AvgIpc) is 3.08. The van der Waals surface area contributed by atoms with Crippen molar-refractivity contribution < 1.29 is 24.2 Å². The Morgan fingerprint density at radius 1 is 1.22 bits per heavy atom. The topological polar surface area (TPSA) is 111 Å². The molecule has 0 aliphatic rings. The Morgan fingerprint density at radius 3 is 2.43 bits per heavy atom. The molecule has 1 heterocycles. The van der Waals surface area contributed by atoms with Gasteiger partial charge < -0.3 is 20.4 Å². The van der Waals surface area contributed by atoms with Gasteiger partial charge in [-0.15, -0.1) is 11.3 Å². The molecule has 1 aromatic carbocycles. The minimum absolute atomic E-state index is 0.00219. The first-order valence-corrected chi connectivity index (χ1v) is 7.27. The normalized spacial score (nSPS) is 11.1. The van der Waals surface area contributed by atoms with Gasteiger partial charge in [0.2, 0.25) is 5.78 Å². The summed E-state index contributed by atoms with van der Waals surface area (Å²) in [4.78, 5) is 24.6. The van der Waals surface area contributed by atoms with Gasteiger partial charge >= 0.3 is 5.97 Å². The van der Waals surface area contributed by atoms with Crippen molar-refractivity contribution in [2.75, 3.05) is 14.2 Å². The van der Waals surface area contributed by atoms with Crippen LogP contribution in [0.25, 0.3) is 0 Å². The van der Waals surface area contributed by atoms with E-state index in [1.54, 1.807) is 17.5 Å². The van der Waals surface area contributed by atoms with Crippen LogP contribution in [0.2, 0.25) is 0 Å². The van der Waals surface area contributed by atoms with Crippen molar-refractivity contribution in [2.24, 2.45) is 10.9 Å². The number of nitrogens with zero attached hydrogens (tertiary/aromatic N) is 1. The second-order valence-corrected chi connectivity index (χ2v) is 5.26. The Kier molecular flexibility index (Phi) is 4.97. The molecule has 0 saturated carbocycles. The van der Waals surface area contributed by atoms with E-state index in [4.69, 9.17) is 15.3 Å².